The Morgan fingerprint density at radius 2 is 1.83 bits per heavy atom. The molecule has 122 valence electrons. The third-order valence-electron chi connectivity index (χ3n) is 4.68. The Labute approximate surface area is 134 Å². The zero-order chi connectivity index (χ0) is 16.0. The summed E-state index contributed by atoms with van der Waals surface area (Å²) < 4.78 is 27.8. The van der Waals surface area contributed by atoms with Crippen molar-refractivity contribution in [3.63, 3.8) is 0 Å². The van der Waals surface area contributed by atoms with E-state index in [0.29, 0.717) is 37.0 Å². The van der Waals surface area contributed by atoms with Gasteiger partial charge in [0.15, 0.2) is 5.65 Å². The number of piperidine rings is 1. The molecule has 1 aliphatic carbocycles. The van der Waals surface area contributed by atoms with Gasteiger partial charge in [0.2, 0.25) is 10.0 Å². The quantitative estimate of drug-likeness (QED) is 0.833. The van der Waals surface area contributed by atoms with E-state index in [1.807, 2.05) is 0 Å². The van der Waals surface area contributed by atoms with Gasteiger partial charge in [-0.05, 0) is 37.8 Å². The lowest BCUT2D eigenvalue weighted by molar-refractivity contribution is 0.269. The standard InChI is InChI=1S/C15H18N4O3S/c20-15-13-2-1-7-16-14(13)17-10-19(15)11-5-8-18(9-6-11)23(21,22)12-3-4-12/h1-2,7,10-12H,3-6,8-9H2. The smallest absolute Gasteiger partial charge is 0.263 e. The molecule has 3 heterocycles. The number of hydrogen-bond donors (Lipinski definition) is 0. The first-order chi connectivity index (χ1) is 11.1. The van der Waals surface area contributed by atoms with Gasteiger partial charge in [0.25, 0.3) is 5.56 Å². The van der Waals surface area contributed by atoms with Crippen molar-refractivity contribution in [1.82, 2.24) is 18.8 Å². The molecule has 0 atom stereocenters. The number of rotatable bonds is 3. The molecule has 0 N–H and O–H groups in total. The molecule has 1 saturated carbocycles. The molecule has 0 amide bonds. The summed E-state index contributed by atoms with van der Waals surface area (Å²) in [6.45, 7) is 0.946. The third-order valence-corrected chi connectivity index (χ3v) is 7.08. The topological polar surface area (TPSA) is 85.2 Å². The Morgan fingerprint density at radius 1 is 1.09 bits per heavy atom. The second-order valence-electron chi connectivity index (χ2n) is 6.21. The molecule has 2 aromatic rings. The van der Waals surface area contributed by atoms with E-state index < -0.39 is 10.0 Å². The Morgan fingerprint density at radius 3 is 2.52 bits per heavy atom. The van der Waals surface area contributed by atoms with E-state index in [1.54, 1.807) is 27.2 Å². The first kappa shape index (κ1) is 14.8. The van der Waals surface area contributed by atoms with Crippen LogP contribution in [0.2, 0.25) is 0 Å². The van der Waals surface area contributed by atoms with Gasteiger partial charge in [0.05, 0.1) is 10.6 Å². The van der Waals surface area contributed by atoms with E-state index in [9.17, 15) is 13.2 Å². The van der Waals surface area contributed by atoms with Crippen LogP contribution in [0.15, 0.2) is 29.5 Å². The van der Waals surface area contributed by atoms with E-state index in [1.165, 1.54) is 6.33 Å². The summed E-state index contributed by atoms with van der Waals surface area (Å²) in [5, 5.41) is 0.332. The zero-order valence-electron chi connectivity index (χ0n) is 12.6. The maximum absolute atomic E-state index is 12.6. The summed E-state index contributed by atoms with van der Waals surface area (Å²) in [7, 11) is -3.12. The lowest BCUT2D eigenvalue weighted by Gasteiger charge is -2.32. The minimum atomic E-state index is -3.12. The lowest BCUT2D eigenvalue weighted by Crippen LogP contribution is -2.42. The zero-order valence-corrected chi connectivity index (χ0v) is 13.4. The van der Waals surface area contributed by atoms with Crippen molar-refractivity contribution in [3.05, 3.63) is 35.0 Å². The molecule has 4 rings (SSSR count). The molecule has 0 aromatic carbocycles. The Bertz CT molecular complexity index is 896. The molecule has 1 aliphatic heterocycles. The van der Waals surface area contributed by atoms with Crippen molar-refractivity contribution in [2.75, 3.05) is 13.1 Å². The van der Waals surface area contributed by atoms with E-state index in [0.717, 1.165) is 12.8 Å². The number of nitrogens with zero attached hydrogens (tertiary/aromatic N) is 4. The highest BCUT2D eigenvalue weighted by atomic mass is 32.2. The normalized spacial score (nSPS) is 20.9. The molecule has 2 aromatic heterocycles. The summed E-state index contributed by atoms with van der Waals surface area (Å²) in [6, 6.07) is 3.44. The predicted molar refractivity (Wildman–Crippen MR) is 85.6 cm³/mol. The third kappa shape index (κ3) is 2.55. The van der Waals surface area contributed by atoms with Crippen molar-refractivity contribution in [2.24, 2.45) is 0 Å². The van der Waals surface area contributed by atoms with Crippen LogP contribution in [0.1, 0.15) is 31.7 Å². The molecule has 0 bridgehead atoms. The van der Waals surface area contributed by atoms with Crippen molar-refractivity contribution in [3.8, 4) is 0 Å². The molecule has 1 saturated heterocycles. The van der Waals surface area contributed by atoms with Gasteiger partial charge < -0.3 is 0 Å². The number of hydrogen-bond acceptors (Lipinski definition) is 5. The summed E-state index contributed by atoms with van der Waals surface area (Å²) in [5.41, 5.74) is 0.342. The number of pyridine rings is 1. The predicted octanol–water partition coefficient (Wildman–Crippen LogP) is 0.921. The molecular formula is C15H18N4O3S. The van der Waals surface area contributed by atoms with Crippen molar-refractivity contribution in [1.29, 1.82) is 0 Å². The van der Waals surface area contributed by atoms with Crippen LogP contribution in [-0.2, 0) is 10.0 Å². The van der Waals surface area contributed by atoms with Crippen molar-refractivity contribution in [2.45, 2.75) is 37.0 Å². The van der Waals surface area contributed by atoms with Crippen LogP contribution >= 0.6 is 0 Å². The molecule has 2 aliphatic rings. The fraction of sp³-hybridized carbons (Fsp3) is 0.533. The average Bonchev–Trinajstić information content (AvgIpc) is 3.41. The van der Waals surface area contributed by atoms with Gasteiger partial charge in [0, 0.05) is 25.3 Å². The molecule has 7 nitrogen and oxygen atoms in total. The largest absolute Gasteiger partial charge is 0.295 e. The van der Waals surface area contributed by atoms with Crippen LogP contribution in [0.5, 0.6) is 0 Å². The Hall–Kier alpha value is -1.80. The van der Waals surface area contributed by atoms with Gasteiger partial charge in [0.1, 0.15) is 6.33 Å². The molecular weight excluding hydrogens is 316 g/mol. The maximum atomic E-state index is 12.6. The van der Waals surface area contributed by atoms with Gasteiger partial charge in [-0.1, -0.05) is 0 Å². The Kier molecular flexibility index (Phi) is 3.46. The average molecular weight is 334 g/mol. The second kappa shape index (κ2) is 5.38. The Balaban J connectivity index is 1.57. The summed E-state index contributed by atoms with van der Waals surface area (Å²) in [5.74, 6) is 0. The number of aromatic nitrogens is 3. The van der Waals surface area contributed by atoms with Gasteiger partial charge in [-0.2, -0.15) is 0 Å². The highest BCUT2D eigenvalue weighted by Gasteiger charge is 2.41. The van der Waals surface area contributed by atoms with Crippen LogP contribution in [0.25, 0.3) is 11.0 Å². The van der Waals surface area contributed by atoms with Crippen LogP contribution in [0.3, 0.4) is 0 Å². The van der Waals surface area contributed by atoms with Crippen LogP contribution in [0.4, 0.5) is 0 Å². The number of sulfonamides is 1. The van der Waals surface area contributed by atoms with Crippen molar-refractivity contribution >= 4 is 21.1 Å². The van der Waals surface area contributed by atoms with Gasteiger partial charge in [-0.25, -0.2) is 22.7 Å². The molecule has 0 unspecified atom stereocenters. The highest BCUT2D eigenvalue weighted by Crippen LogP contribution is 2.33. The van der Waals surface area contributed by atoms with Gasteiger partial charge >= 0.3 is 0 Å². The molecule has 23 heavy (non-hydrogen) atoms. The van der Waals surface area contributed by atoms with Crippen LogP contribution in [-0.4, -0.2) is 45.6 Å². The minimum Gasteiger partial charge on any atom is -0.295 e. The fourth-order valence-electron chi connectivity index (χ4n) is 3.19. The van der Waals surface area contributed by atoms with E-state index in [2.05, 4.69) is 9.97 Å². The molecule has 2 fully saturated rings. The SMILES string of the molecule is O=c1c2cccnc2ncn1C1CCN(S(=O)(=O)C2CC2)CC1. The maximum Gasteiger partial charge on any atom is 0.263 e. The molecule has 8 heteroatoms. The molecule has 0 spiro atoms. The summed E-state index contributed by atoms with van der Waals surface area (Å²) >= 11 is 0. The van der Waals surface area contributed by atoms with Crippen LogP contribution < -0.4 is 5.56 Å². The van der Waals surface area contributed by atoms with Gasteiger partial charge in [-0.15, -0.1) is 0 Å². The fourth-order valence-corrected chi connectivity index (χ4v) is 5.06. The van der Waals surface area contributed by atoms with E-state index in [4.69, 9.17) is 0 Å². The number of fused-ring (bicyclic) bond motifs is 1. The first-order valence-electron chi connectivity index (χ1n) is 7.88. The van der Waals surface area contributed by atoms with E-state index in [-0.39, 0.29) is 16.9 Å². The van der Waals surface area contributed by atoms with Gasteiger partial charge in [-0.3, -0.25) is 9.36 Å². The summed E-state index contributed by atoms with van der Waals surface area (Å²) in [4.78, 5) is 20.9. The lowest BCUT2D eigenvalue weighted by atomic mass is 10.1. The second-order valence-corrected chi connectivity index (χ2v) is 8.42. The monoisotopic (exact) mass is 334 g/mol. The van der Waals surface area contributed by atoms with Crippen LogP contribution in [0, 0.1) is 0 Å². The van der Waals surface area contributed by atoms with Crippen molar-refractivity contribution < 1.29 is 8.42 Å². The first-order valence-corrected chi connectivity index (χ1v) is 9.38. The molecule has 0 radical (unpaired) electrons. The summed E-state index contributed by atoms with van der Waals surface area (Å²) in [6.07, 6.45) is 5.99. The minimum absolute atomic E-state index is 0.00902. The van der Waals surface area contributed by atoms with E-state index >= 15 is 0 Å². The highest BCUT2D eigenvalue weighted by molar-refractivity contribution is 7.90.